The lowest BCUT2D eigenvalue weighted by atomic mass is 9.73. The molecule has 1 aliphatic carbocycles. The molecule has 1 aliphatic rings. The fourth-order valence-electron chi connectivity index (χ4n) is 3.01. The molecule has 1 fully saturated rings. The topological polar surface area (TPSA) is 55.6 Å². The fraction of sp³-hybridized carbons (Fsp3) is 0.562. The highest BCUT2D eigenvalue weighted by Crippen LogP contribution is 2.37. The first-order valence-corrected chi connectivity index (χ1v) is 7.25. The molecule has 0 saturated heterocycles. The Kier molecular flexibility index (Phi) is 4.65. The largest absolute Gasteiger partial charge is 0.497 e. The molecule has 0 spiro atoms. The normalized spacial score (nSPS) is 17.6. The SMILES string of the molecule is COc1ccc(N(C)C(=O)C2(CN)CCCCC2)cc1. The van der Waals surface area contributed by atoms with Crippen molar-refractivity contribution in [1.82, 2.24) is 0 Å². The van der Waals surface area contributed by atoms with Gasteiger partial charge >= 0.3 is 0 Å². The molecule has 110 valence electrons. The van der Waals surface area contributed by atoms with Gasteiger partial charge < -0.3 is 15.4 Å². The summed E-state index contributed by atoms with van der Waals surface area (Å²) in [7, 11) is 3.46. The third-order valence-electron chi connectivity index (χ3n) is 4.42. The molecule has 0 aliphatic heterocycles. The van der Waals surface area contributed by atoms with Gasteiger partial charge in [-0.2, -0.15) is 0 Å². The third-order valence-corrected chi connectivity index (χ3v) is 4.42. The molecule has 1 amide bonds. The minimum Gasteiger partial charge on any atom is -0.497 e. The number of carbonyl (C=O) groups is 1. The van der Waals surface area contributed by atoms with E-state index < -0.39 is 0 Å². The van der Waals surface area contributed by atoms with Gasteiger partial charge in [-0.15, -0.1) is 0 Å². The van der Waals surface area contributed by atoms with E-state index in [1.165, 1.54) is 6.42 Å². The van der Waals surface area contributed by atoms with Crippen LogP contribution in [0.4, 0.5) is 5.69 Å². The molecule has 0 heterocycles. The van der Waals surface area contributed by atoms with Crippen molar-refractivity contribution in [2.24, 2.45) is 11.1 Å². The Morgan fingerprint density at radius 1 is 1.25 bits per heavy atom. The summed E-state index contributed by atoms with van der Waals surface area (Å²) in [6, 6.07) is 7.55. The quantitative estimate of drug-likeness (QED) is 0.919. The summed E-state index contributed by atoms with van der Waals surface area (Å²) in [5, 5.41) is 0. The summed E-state index contributed by atoms with van der Waals surface area (Å²) in [4.78, 5) is 14.6. The molecule has 1 saturated carbocycles. The van der Waals surface area contributed by atoms with Gasteiger partial charge in [0.15, 0.2) is 0 Å². The molecule has 4 heteroatoms. The second-order valence-electron chi connectivity index (χ2n) is 5.61. The van der Waals surface area contributed by atoms with Crippen LogP contribution in [0.5, 0.6) is 5.75 Å². The average molecular weight is 276 g/mol. The van der Waals surface area contributed by atoms with Crippen LogP contribution in [-0.2, 0) is 4.79 Å². The van der Waals surface area contributed by atoms with Gasteiger partial charge in [-0.3, -0.25) is 4.79 Å². The van der Waals surface area contributed by atoms with Crippen LogP contribution in [-0.4, -0.2) is 26.6 Å². The van der Waals surface area contributed by atoms with Crippen molar-refractivity contribution < 1.29 is 9.53 Å². The van der Waals surface area contributed by atoms with Crippen LogP contribution in [0.3, 0.4) is 0 Å². The van der Waals surface area contributed by atoms with E-state index in [1.807, 2.05) is 31.3 Å². The predicted molar refractivity (Wildman–Crippen MR) is 81.0 cm³/mol. The Hall–Kier alpha value is -1.55. The Morgan fingerprint density at radius 2 is 1.85 bits per heavy atom. The molecule has 2 N–H and O–H groups in total. The van der Waals surface area contributed by atoms with Crippen molar-refractivity contribution in [2.75, 3.05) is 25.6 Å². The third kappa shape index (κ3) is 2.80. The second-order valence-corrected chi connectivity index (χ2v) is 5.61. The van der Waals surface area contributed by atoms with Crippen molar-refractivity contribution in [3.63, 3.8) is 0 Å². The molecular formula is C16H24N2O2. The van der Waals surface area contributed by atoms with E-state index in [0.29, 0.717) is 6.54 Å². The van der Waals surface area contributed by atoms with E-state index in [1.54, 1.807) is 12.0 Å². The summed E-state index contributed by atoms with van der Waals surface area (Å²) in [5.41, 5.74) is 6.45. The number of carbonyl (C=O) groups excluding carboxylic acids is 1. The van der Waals surface area contributed by atoms with E-state index in [4.69, 9.17) is 10.5 Å². The average Bonchev–Trinajstić information content (AvgIpc) is 2.54. The lowest BCUT2D eigenvalue weighted by Gasteiger charge is -2.37. The number of methoxy groups -OCH3 is 1. The summed E-state index contributed by atoms with van der Waals surface area (Å²) in [5.74, 6) is 0.936. The predicted octanol–water partition coefficient (Wildman–Crippen LogP) is 2.57. The zero-order valence-electron chi connectivity index (χ0n) is 12.4. The molecule has 4 nitrogen and oxygen atoms in total. The lowest BCUT2D eigenvalue weighted by Crippen LogP contribution is -2.48. The number of amides is 1. The minimum absolute atomic E-state index is 0.143. The van der Waals surface area contributed by atoms with Crippen molar-refractivity contribution >= 4 is 11.6 Å². The number of ether oxygens (including phenoxy) is 1. The van der Waals surface area contributed by atoms with Gasteiger partial charge in [-0.05, 0) is 37.1 Å². The maximum atomic E-state index is 12.8. The van der Waals surface area contributed by atoms with Gasteiger partial charge in [0.25, 0.3) is 0 Å². The molecule has 2 rings (SSSR count). The van der Waals surface area contributed by atoms with E-state index >= 15 is 0 Å². The van der Waals surface area contributed by atoms with Crippen LogP contribution in [0.1, 0.15) is 32.1 Å². The molecule has 0 atom stereocenters. The van der Waals surface area contributed by atoms with Gasteiger partial charge in [0.2, 0.25) is 5.91 Å². The van der Waals surface area contributed by atoms with Crippen LogP contribution >= 0.6 is 0 Å². The Bertz CT molecular complexity index is 450. The molecule has 20 heavy (non-hydrogen) atoms. The van der Waals surface area contributed by atoms with Crippen LogP contribution < -0.4 is 15.4 Å². The summed E-state index contributed by atoms with van der Waals surface area (Å²) < 4.78 is 5.14. The molecular weight excluding hydrogens is 252 g/mol. The van der Waals surface area contributed by atoms with E-state index in [9.17, 15) is 4.79 Å². The lowest BCUT2D eigenvalue weighted by molar-refractivity contribution is -0.129. The van der Waals surface area contributed by atoms with Gasteiger partial charge in [0, 0.05) is 19.3 Å². The van der Waals surface area contributed by atoms with Crippen molar-refractivity contribution in [1.29, 1.82) is 0 Å². The highest BCUT2D eigenvalue weighted by Gasteiger charge is 2.40. The maximum absolute atomic E-state index is 12.8. The van der Waals surface area contributed by atoms with Crippen molar-refractivity contribution in [3.8, 4) is 5.75 Å². The van der Waals surface area contributed by atoms with Gasteiger partial charge in [-0.1, -0.05) is 19.3 Å². The molecule has 1 aromatic carbocycles. The maximum Gasteiger partial charge on any atom is 0.234 e. The van der Waals surface area contributed by atoms with Crippen molar-refractivity contribution in [3.05, 3.63) is 24.3 Å². The zero-order valence-corrected chi connectivity index (χ0v) is 12.4. The highest BCUT2D eigenvalue weighted by atomic mass is 16.5. The number of hydrogen-bond acceptors (Lipinski definition) is 3. The van der Waals surface area contributed by atoms with Crippen molar-refractivity contribution in [2.45, 2.75) is 32.1 Å². The Balaban J connectivity index is 2.17. The summed E-state index contributed by atoms with van der Waals surface area (Å²) in [6.45, 7) is 0.437. The Labute approximate surface area is 120 Å². The first-order valence-electron chi connectivity index (χ1n) is 7.25. The minimum atomic E-state index is -0.368. The number of anilines is 1. The first-order chi connectivity index (χ1) is 9.63. The first kappa shape index (κ1) is 14.9. The molecule has 1 aromatic rings. The molecule has 0 bridgehead atoms. The summed E-state index contributed by atoms with van der Waals surface area (Å²) in [6.07, 6.45) is 5.21. The van der Waals surface area contributed by atoms with Crippen LogP contribution in [0.25, 0.3) is 0 Å². The fourth-order valence-corrected chi connectivity index (χ4v) is 3.01. The number of benzene rings is 1. The number of rotatable bonds is 4. The summed E-state index contributed by atoms with van der Waals surface area (Å²) >= 11 is 0. The zero-order chi connectivity index (χ0) is 14.6. The Morgan fingerprint density at radius 3 is 2.35 bits per heavy atom. The standard InChI is InChI=1S/C16H24N2O2/c1-18(13-6-8-14(20-2)9-7-13)15(19)16(12-17)10-4-3-5-11-16/h6-9H,3-5,10-12,17H2,1-2H3. The van der Waals surface area contributed by atoms with Gasteiger partial charge in [0.05, 0.1) is 12.5 Å². The van der Waals surface area contributed by atoms with E-state index in [0.717, 1.165) is 37.1 Å². The van der Waals surface area contributed by atoms with E-state index in [2.05, 4.69) is 0 Å². The van der Waals surface area contributed by atoms with E-state index in [-0.39, 0.29) is 11.3 Å². The molecule has 0 unspecified atom stereocenters. The molecule has 0 aromatic heterocycles. The second kappa shape index (κ2) is 6.27. The monoisotopic (exact) mass is 276 g/mol. The number of nitrogens with zero attached hydrogens (tertiary/aromatic N) is 1. The van der Waals surface area contributed by atoms with Crippen LogP contribution in [0, 0.1) is 5.41 Å². The van der Waals surface area contributed by atoms with Gasteiger partial charge in [0.1, 0.15) is 5.75 Å². The van der Waals surface area contributed by atoms with Crippen LogP contribution in [0.15, 0.2) is 24.3 Å². The van der Waals surface area contributed by atoms with Gasteiger partial charge in [-0.25, -0.2) is 0 Å². The smallest absolute Gasteiger partial charge is 0.234 e. The van der Waals surface area contributed by atoms with Crippen LogP contribution in [0.2, 0.25) is 0 Å². The highest BCUT2D eigenvalue weighted by molar-refractivity contribution is 5.97. The number of nitrogens with two attached hydrogens (primary N) is 1. The molecule has 0 radical (unpaired) electrons. The number of hydrogen-bond donors (Lipinski definition) is 1.